The number of rotatable bonds is 0. The molecule has 0 amide bonds. The van der Waals surface area contributed by atoms with Gasteiger partial charge in [0.15, 0.2) is 0 Å². The second kappa shape index (κ2) is 18.3. The Balaban J connectivity index is -0.00000000500. The van der Waals surface area contributed by atoms with Crippen LogP contribution in [0.3, 0.4) is 0 Å². The molecule has 0 rings (SSSR count). The molecule has 0 fully saturated rings. The van der Waals surface area contributed by atoms with Crippen LogP contribution in [0.4, 0.5) is 0 Å². The van der Waals surface area contributed by atoms with E-state index in [9.17, 15) is 0 Å². The van der Waals surface area contributed by atoms with Crippen molar-refractivity contribution in [3.05, 3.63) is 0 Å². The zero-order valence-corrected chi connectivity index (χ0v) is 6.72. The summed E-state index contributed by atoms with van der Waals surface area (Å²) in [4.78, 5) is 0. The van der Waals surface area contributed by atoms with Gasteiger partial charge in [-0.1, -0.05) is 0 Å². The first kappa shape index (κ1) is 16.2. The first-order valence-corrected chi connectivity index (χ1v) is 1.37. The summed E-state index contributed by atoms with van der Waals surface area (Å²) in [5, 5.41) is 0. The zero-order valence-electron chi connectivity index (χ0n) is 1.41. The average molecular weight is 344 g/mol. The van der Waals surface area contributed by atoms with Gasteiger partial charge in [-0.25, -0.2) is 0 Å². The Morgan fingerprint density at radius 3 is 1.25 bits per heavy atom. The van der Waals surface area contributed by atoms with Crippen molar-refractivity contribution in [3.63, 3.8) is 0 Å². The molecular formula is H3InOSnZr. The van der Waals surface area contributed by atoms with Crippen LogP contribution in [0.2, 0.25) is 0 Å². The maximum Gasteiger partial charge on any atom is 0 e. The van der Waals surface area contributed by atoms with E-state index in [-0.39, 0.29) is 52.0 Å². The van der Waals surface area contributed by atoms with Crippen LogP contribution in [0.1, 0.15) is 0 Å². The Morgan fingerprint density at radius 2 is 1.25 bits per heavy atom. The summed E-state index contributed by atoms with van der Waals surface area (Å²) in [5.41, 5.74) is 0. The molecule has 0 heterocycles. The molecule has 0 spiro atoms. The molecule has 4 heteroatoms. The molecule has 2 radical (unpaired) electrons. The third-order valence-corrected chi connectivity index (χ3v) is 0. The molecule has 0 saturated carbocycles. The van der Waals surface area contributed by atoms with Gasteiger partial charge in [0.2, 0.25) is 0 Å². The van der Waals surface area contributed by atoms with E-state index >= 15 is 0 Å². The van der Waals surface area contributed by atoms with Gasteiger partial charge in [-0.2, -0.15) is 0 Å². The topological polar surface area (TPSA) is 17.1 Å². The molecule has 0 aliphatic heterocycles. The fourth-order valence-electron chi connectivity index (χ4n) is 0. The van der Waals surface area contributed by atoms with Crippen molar-refractivity contribution in [3.8, 4) is 0 Å². The minimum atomic E-state index is 0. The van der Waals surface area contributed by atoms with Gasteiger partial charge in [-0.3, -0.25) is 0 Å². The standard InChI is InChI=1S/In.O.Sn.Zr.3H. The summed E-state index contributed by atoms with van der Waals surface area (Å²) in [6.45, 7) is 0. The molecule has 0 aromatic rings. The van der Waals surface area contributed by atoms with Crippen molar-refractivity contribution in [2.45, 2.75) is 0 Å². The molecule has 0 atom stereocenters. The summed E-state index contributed by atoms with van der Waals surface area (Å²) in [5.74, 6) is 0. The van der Waals surface area contributed by atoms with E-state index in [0.29, 0.717) is 22.5 Å². The van der Waals surface area contributed by atoms with Crippen LogP contribution in [0.5, 0.6) is 0 Å². The smallest absolute Gasteiger partial charge is 0 e. The molecule has 0 aromatic carbocycles. The van der Waals surface area contributed by atoms with Crippen LogP contribution in [0, 0.1) is 0 Å². The quantitative estimate of drug-likeness (QED) is 0.480. The van der Waals surface area contributed by atoms with Crippen LogP contribution >= 0.6 is 0 Å². The average Bonchev–Trinajstić information content (AvgIpc) is 1.00. The van der Waals surface area contributed by atoms with E-state index in [1.165, 1.54) is 0 Å². The second-order valence-corrected chi connectivity index (χ2v) is 0. The Bertz CT molecular complexity index is 8.00. The molecule has 0 saturated heterocycles. The van der Waals surface area contributed by atoms with Gasteiger partial charge in [0.1, 0.15) is 0 Å². The van der Waals surface area contributed by atoms with Crippen molar-refractivity contribution >= 4 is 48.4 Å². The SMILES string of the molecule is [InH3].[O]=[Sn].[Zr]. The molecule has 1 nitrogen and oxygen atoms in total. The predicted molar refractivity (Wildman–Crippen MR) is 16.4 cm³/mol. The Kier molecular flexibility index (Phi) is 74.2. The molecular weight excluding hydrogens is 341 g/mol. The van der Waals surface area contributed by atoms with E-state index in [1.54, 1.807) is 0 Å². The van der Waals surface area contributed by atoms with Crippen molar-refractivity contribution in [1.82, 2.24) is 0 Å². The summed E-state index contributed by atoms with van der Waals surface area (Å²) >= 11 is 0.300. The third-order valence-electron chi connectivity index (χ3n) is 0. The van der Waals surface area contributed by atoms with Crippen molar-refractivity contribution in [2.24, 2.45) is 0 Å². The van der Waals surface area contributed by atoms with E-state index in [4.69, 9.17) is 3.08 Å². The fourth-order valence-corrected chi connectivity index (χ4v) is 0. The van der Waals surface area contributed by atoms with Crippen molar-refractivity contribution in [1.29, 1.82) is 0 Å². The van der Waals surface area contributed by atoms with Gasteiger partial charge in [0, 0.05) is 26.2 Å². The Hall–Kier alpha value is 2.35. The first-order valence-electron chi connectivity index (χ1n) is 0.204. The number of hydrogen-bond acceptors (Lipinski definition) is 1. The molecule has 0 aromatic heterocycles. The van der Waals surface area contributed by atoms with Crippen molar-refractivity contribution < 1.29 is 29.3 Å². The van der Waals surface area contributed by atoms with Crippen LogP contribution in [-0.4, -0.2) is 48.4 Å². The first-order chi connectivity index (χ1) is 1.00. The number of hydrogen-bond donors (Lipinski definition) is 0. The van der Waals surface area contributed by atoms with Crippen LogP contribution in [-0.2, 0) is 29.3 Å². The van der Waals surface area contributed by atoms with Crippen molar-refractivity contribution in [2.75, 3.05) is 0 Å². The van der Waals surface area contributed by atoms with E-state index < -0.39 is 0 Å². The van der Waals surface area contributed by atoms with Crippen LogP contribution < -0.4 is 0 Å². The van der Waals surface area contributed by atoms with Gasteiger partial charge < -0.3 is 0 Å². The molecule has 0 aliphatic carbocycles. The second-order valence-electron chi connectivity index (χ2n) is 0. The summed E-state index contributed by atoms with van der Waals surface area (Å²) in [7, 11) is 0. The third kappa shape index (κ3) is 8.84. The van der Waals surface area contributed by atoms with Crippen LogP contribution in [0.25, 0.3) is 0 Å². The largest absolute Gasteiger partial charge is 0 e. The molecule has 20 valence electrons. The van der Waals surface area contributed by atoms with Gasteiger partial charge in [-0.15, -0.1) is 0 Å². The minimum Gasteiger partial charge on any atom is 0 e. The normalized spacial score (nSPS) is 1.00. The molecule has 4 heavy (non-hydrogen) atoms. The minimum absolute atomic E-state index is 0. The maximum absolute atomic E-state index is 8.34. The molecule has 0 aliphatic rings. The molecule has 0 bridgehead atoms. The van der Waals surface area contributed by atoms with E-state index in [0.717, 1.165) is 0 Å². The van der Waals surface area contributed by atoms with Gasteiger partial charge in [0.25, 0.3) is 0 Å². The zero-order chi connectivity index (χ0) is 2.00. The summed E-state index contributed by atoms with van der Waals surface area (Å²) in [6, 6.07) is 0. The Morgan fingerprint density at radius 1 is 1.25 bits per heavy atom. The fraction of sp³-hybridized carbons (Fsp3) is 0. The monoisotopic (exact) mass is 344 g/mol. The predicted octanol–water partition coefficient (Wildman–Crippen LogP) is -1.69. The molecule has 0 N–H and O–H groups in total. The van der Waals surface area contributed by atoms with E-state index in [2.05, 4.69) is 0 Å². The maximum atomic E-state index is 8.34. The van der Waals surface area contributed by atoms with E-state index in [1.807, 2.05) is 0 Å². The molecule has 0 unspecified atom stereocenters. The summed E-state index contributed by atoms with van der Waals surface area (Å²) in [6.07, 6.45) is 0. The Labute approximate surface area is 76.3 Å². The van der Waals surface area contributed by atoms with Gasteiger partial charge >= 0.3 is 51.4 Å². The van der Waals surface area contributed by atoms with Crippen LogP contribution in [0.15, 0.2) is 0 Å². The summed E-state index contributed by atoms with van der Waals surface area (Å²) < 4.78 is 8.34. The van der Waals surface area contributed by atoms with Gasteiger partial charge in [-0.05, 0) is 0 Å². The van der Waals surface area contributed by atoms with Gasteiger partial charge in [0.05, 0.1) is 0 Å².